The van der Waals surface area contributed by atoms with E-state index < -0.39 is 18.0 Å². The topological polar surface area (TPSA) is 88.0 Å². The highest BCUT2D eigenvalue weighted by atomic mass is 127. The molecule has 0 fully saturated rings. The van der Waals surface area contributed by atoms with Crippen LogP contribution < -0.4 is 10.2 Å². The van der Waals surface area contributed by atoms with Gasteiger partial charge in [-0.05, 0) is 70.1 Å². The Balaban J connectivity index is 1.55. The zero-order valence-electron chi connectivity index (χ0n) is 15.2. The molecule has 0 aliphatic heterocycles. The van der Waals surface area contributed by atoms with Crippen LogP contribution in [0.1, 0.15) is 27.6 Å². The first-order chi connectivity index (χ1) is 14.0. The molecule has 0 heterocycles. The molecule has 146 valence electrons. The maximum atomic E-state index is 12.2. The van der Waals surface area contributed by atoms with Crippen molar-refractivity contribution in [3.63, 3.8) is 0 Å². The second-order valence-electron chi connectivity index (χ2n) is 5.99. The van der Waals surface area contributed by atoms with Crippen molar-refractivity contribution in [2.45, 2.75) is 6.10 Å². The van der Waals surface area contributed by atoms with E-state index >= 15 is 0 Å². The van der Waals surface area contributed by atoms with Crippen LogP contribution in [0.2, 0.25) is 0 Å². The molecule has 6 nitrogen and oxygen atoms in total. The van der Waals surface area contributed by atoms with E-state index in [9.17, 15) is 14.7 Å². The molecular weight excluding hydrogens is 483 g/mol. The molecule has 0 saturated carbocycles. The molecule has 1 amide bonds. The van der Waals surface area contributed by atoms with Crippen LogP contribution in [-0.4, -0.2) is 23.2 Å². The van der Waals surface area contributed by atoms with Crippen LogP contribution in [0, 0.1) is 3.57 Å². The molecule has 3 aromatic rings. The summed E-state index contributed by atoms with van der Waals surface area (Å²) in [5.41, 5.74) is 3.97. The van der Waals surface area contributed by atoms with Gasteiger partial charge in [0.2, 0.25) is 0 Å². The number of amides is 1. The van der Waals surface area contributed by atoms with Gasteiger partial charge in [0.15, 0.2) is 6.10 Å². The zero-order valence-corrected chi connectivity index (χ0v) is 17.3. The molecule has 0 bridgehead atoms. The van der Waals surface area contributed by atoms with E-state index in [-0.39, 0.29) is 0 Å². The predicted molar refractivity (Wildman–Crippen MR) is 118 cm³/mol. The van der Waals surface area contributed by atoms with Gasteiger partial charge < -0.3 is 9.84 Å². The van der Waals surface area contributed by atoms with Crippen molar-refractivity contribution < 1.29 is 19.4 Å². The lowest BCUT2D eigenvalue weighted by Crippen LogP contribution is -2.25. The fourth-order valence-corrected chi connectivity index (χ4v) is 3.04. The van der Waals surface area contributed by atoms with Crippen molar-refractivity contribution in [2.75, 3.05) is 0 Å². The molecule has 3 aromatic carbocycles. The lowest BCUT2D eigenvalue weighted by Gasteiger charge is -2.08. The molecule has 0 saturated heterocycles. The Hall–Kier alpha value is -3.04. The summed E-state index contributed by atoms with van der Waals surface area (Å²) in [6.07, 6.45) is 0.136. The number of carbonyl (C=O) groups is 2. The fourth-order valence-electron chi connectivity index (χ4n) is 2.43. The Morgan fingerprint density at radius 2 is 1.62 bits per heavy atom. The molecule has 0 aliphatic carbocycles. The molecule has 0 spiro atoms. The standard InChI is InChI=1S/C22H17IN2O4/c23-19-9-5-4-8-18(19)22(28)29-17-12-10-15(11-13-17)14-24-25-21(27)20(26)16-6-2-1-3-7-16/h1-14,20,26H,(H,25,27)/b24-14-/t20-/m1/s1. The molecular formula is C22H17IN2O4. The summed E-state index contributed by atoms with van der Waals surface area (Å²) in [7, 11) is 0. The van der Waals surface area contributed by atoms with E-state index in [4.69, 9.17) is 4.74 Å². The number of halogens is 1. The molecule has 3 rings (SSSR count). The van der Waals surface area contributed by atoms with Crippen molar-refractivity contribution in [3.8, 4) is 5.75 Å². The van der Waals surface area contributed by atoms with Gasteiger partial charge in [0.1, 0.15) is 5.75 Å². The highest BCUT2D eigenvalue weighted by Gasteiger charge is 2.16. The van der Waals surface area contributed by atoms with E-state index in [0.29, 0.717) is 22.4 Å². The number of hydrazone groups is 1. The minimum absolute atomic E-state index is 0.398. The van der Waals surface area contributed by atoms with Crippen molar-refractivity contribution in [3.05, 3.63) is 99.1 Å². The van der Waals surface area contributed by atoms with Gasteiger partial charge >= 0.3 is 5.97 Å². The third kappa shape index (κ3) is 5.72. The summed E-state index contributed by atoms with van der Waals surface area (Å²) in [5, 5.41) is 13.8. The Bertz CT molecular complexity index is 1020. The van der Waals surface area contributed by atoms with Crippen molar-refractivity contribution in [1.82, 2.24) is 5.43 Å². The number of hydrogen-bond acceptors (Lipinski definition) is 5. The summed E-state index contributed by atoms with van der Waals surface area (Å²) in [6, 6.07) is 22.4. The van der Waals surface area contributed by atoms with Gasteiger partial charge in [0, 0.05) is 3.57 Å². The van der Waals surface area contributed by atoms with Crippen LogP contribution >= 0.6 is 22.6 Å². The number of esters is 1. The van der Waals surface area contributed by atoms with E-state index in [1.165, 1.54) is 6.21 Å². The average molecular weight is 500 g/mol. The Morgan fingerprint density at radius 1 is 0.966 bits per heavy atom. The molecule has 0 radical (unpaired) electrons. The number of ether oxygens (including phenoxy) is 1. The highest BCUT2D eigenvalue weighted by molar-refractivity contribution is 14.1. The Labute approximate surface area is 181 Å². The van der Waals surface area contributed by atoms with Gasteiger partial charge in [0.25, 0.3) is 5.91 Å². The second-order valence-corrected chi connectivity index (χ2v) is 7.15. The predicted octanol–water partition coefficient (Wildman–Crippen LogP) is 3.69. The summed E-state index contributed by atoms with van der Waals surface area (Å²) in [5.74, 6) is -0.663. The number of nitrogens with zero attached hydrogens (tertiary/aromatic N) is 1. The molecule has 0 aromatic heterocycles. The maximum absolute atomic E-state index is 12.2. The molecule has 0 aliphatic rings. The molecule has 2 N–H and O–H groups in total. The van der Waals surface area contributed by atoms with Crippen LogP contribution in [0.4, 0.5) is 0 Å². The normalized spacial score (nSPS) is 11.8. The summed E-state index contributed by atoms with van der Waals surface area (Å²) >= 11 is 2.08. The van der Waals surface area contributed by atoms with E-state index in [1.807, 2.05) is 12.1 Å². The van der Waals surface area contributed by atoms with Gasteiger partial charge in [-0.3, -0.25) is 4.79 Å². The largest absolute Gasteiger partial charge is 0.423 e. The van der Waals surface area contributed by atoms with E-state index in [1.54, 1.807) is 66.7 Å². The number of benzene rings is 3. The number of aliphatic hydroxyl groups excluding tert-OH is 1. The quantitative estimate of drug-likeness (QED) is 0.178. The van der Waals surface area contributed by atoms with Gasteiger partial charge in [-0.2, -0.15) is 5.10 Å². The third-order valence-corrected chi connectivity index (χ3v) is 4.88. The monoisotopic (exact) mass is 500 g/mol. The molecule has 1 atom stereocenters. The van der Waals surface area contributed by atoms with E-state index in [0.717, 1.165) is 3.57 Å². The Kier molecular flexibility index (Phi) is 7.09. The molecule has 7 heteroatoms. The lowest BCUT2D eigenvalue weighted by atomic mass is 10.1. The number of carbonyl (C=O) groups excluding carboxylic acids is 2. The van der Waals surface area contributed by atoms with Gasteiger partial charge in [0.05, 0.1) is 11.8 Å². The molecule has 29 heavy (non-hydrogen) atoms. The zero-order chi connectivity index (χ0) is 20.6. The molecule has 0 unspecified atom stereocenters. The Morgan fingerprint density at radius 3 is 2.31 bits per heavy atom. The summed E-state index contributed by atoms with van der Waals surface area (Å²) < 4.78 is 6.18. The number of hydrogen-bond donors (Lipinski definition) is 2. The van der Waals surface area contributed by atoms with E-state index in [2.05, 4.69) is 33.1 Å². The average Bonchev–Trinajstić information content (AvgIpc) is 2.75. The van der Waals surface area contributed by atoms with Crippen LogP contribution in [0.15, 0.2) is 84.0 Å². The SMILES string of the molecule is O=C(Oc1ccc(/C=N\NC(=O)[C@H](O)c2ccccc2)cc1)c1ccccc1I. The number of nitrogens with one attached hydrogen (secondary N) is 1. The maximum Gasteiger partial charge on any atom is 0.344 e. The second kappa shape index (κ2) is 9.94. The fraction of sp³-hybridized carbons (Fsp3) is 0.0455. The van der Waals surface area contributed by atoms with Crippen molar-refractivity contribution in [1.29, 1.82) is 0 Å². The minimum Gasteiger partial charge on any atom is -0.423 e. The summed E-state index contributed by atoms with van der Waals surface area (Å²) in [4.78, 5) is 24.2. The minimum atomic E-state index is -1.30. The first kappa shape index (κ1) is 20.7. The van der Waals surface area contributed by atoms with Gasteiger partial charge in [-0.15, -0.1) is 0 Å². The van der Waals surface area contributed by atoms with Crippen molar-refractivity contribution in [2.24, 2.45) is 5.10 Å². The highest BCUT2D eigenvalue weighted by Crippen LogP contribution is 2.17. The van der Waals surface area contributed by atoms with Crippen LogP contribution in [0.3, 0.4) is 0 Å². The van der Waals surface area contributed by atoms with Gasteiger partial charge in [-0.25, -0.2) is 10.2 Å². The summed E-state index contributed by atoms with van der Waals surface area (Å²) in [6.45, 7) is 0. The third-order valence-electron chi connectivity index (χ3n) is 3.94. The lowest BCUT2D eigenvalue weighted by molar-refractivity contribution is -0.129. The van der Waals surface area contributed by atoms with Crippen molar-refractivity contribution >= 4 is 40.7 Å². The number of aliphatic hydroxyl groups is 1. The smallest absolute Gasteiger partial charge is 0.344 e. The van der Waals surface area contributed by atoms with Crippen LogP contribution in [0.25, 0.3) is 0 Å². The first-order valence-corrected chi connectivity index (χ1v) is 9.75. The van der Waals surface area contributed by atoms with Crippen LogP contribution in [-0.2, 0) is 4.79 Å². The first-order valence-electron chi connectivity index (χ1n) is 8.67. The number of rotatable bonds is 6. The van der Waals surface area contributed by atoms with Gasteiger partial charge in [-0.1, -0.05) is 42.5 Å². The van der Waals surface area contributed by atoms with Crippen LogP contribution in [0.5, 0.6) is 5.75 Å².